The van der Waals surface area contributed by atoms with Crippen LogP contribution in [0.1, 0.15) is 60.3 Å². The van der Waals surface area contributed by atoms with Crippen molar-refractivity contribution in [2.45, 2.75) is 63.5 Å². The Morgan fingerprint density at radius 2 is 1.84 bits per heavy atom. The zero-order valence-corrected chi connectivity index (χ0v) is 25.1. The molecule has 1 saturated heterocycles. The van der Waals surface area contributed by atoms with Gasteiger partial charge in [0.15, 0.2) is 23.4 Å². The molecule has 0 saturated carbocycles. The average molecular weight is 618 g/mol. The van der Waals surface area contributed by atoms with E-state index in [4.69, 9.17) is 9.47 Å². The van der Waals surface area contributed by atoms with Gasteiger partial charge < -0.3 is 25.2 Å². The molecule has 2 atom stereocenters. The molecule has 3 aromatic rings. The fourth-order valence-electron chi connectivity index (χ4n) is 4.83. The van der Waals surface area contributed by atoms with E-state index in [1.165, 1.54) is 56.5 Å². The van der Waals surface area contributed by atoms with E-state index in [9.17, 15) is 32.3 Å². The first-order valence-corrected chi connectivity index (χ1v) is 14.0. The maximum Gasteiger partial charge on any atom is 0.422 e. The maximum absolute atomic E-state index is 14.7. The highest BCUT2D eigenvalue weighted by Crippen LogP contribution is 2.44. The summed E-state index contributed by atoms with van der Waals surface area (Å²) in [7, 11) is 2.97. The predicted molar refractivity (Wildman–Crippen MR) is 155 cm³/mol. The highest BCUT2D eigenvalue weighted by atomic mass is 19.4. The quantitative estimate of drug-likeness (QED) is 0.197. The van der Waals surface area contributed by atoms with Gasteiger partial charge in [-0.2, -0.15) is 13.2 Å². The summed E-state index contributed by atoms with van der Waals surface area (Å²) in [4.78, 5) is 29.2. The zero-order chi connectivity index (χ0) is 32.4. The summed E-state index contributed by atoms with van der Waals surface area (Å²) in [5.74, 6) is -1.12. The maximum atomic E-state index is 14.7. The summed E-state index contributed by atoms with van der Waals surface area (Å²) >= 11 is 0. The normalized spacial score (nSPS) is 16.8. The van der Waals surface area contributed by atoms with Gasteiger partial charge >= 0.3 is 6.18 Å². The highest BCUT2D eigenvalue weighted by Gasteiger charge is 2.56. The Bertz CT molecular complexity index is 1560. The molecule has 1 amide bonds. The van der Waals surface area contributed by atoms with Crippen LogP contribution in [0.5, 0.6) is 11.5 Å². The van der Waals surface area contributed by atoms with Gasteiger partial charge in [-0.25, -0.2) is 9.37 Å². The van der Waals surface area contributed by atoms with Crippen LogP contribution in [-0.2, 0) is 15.9 Å². The summed E-state index contributed by atoms with van der Waals surface area (Å²) in [6, 6.07) is 10.9. The van der Waals surface area contributed by atoms with Crippen LogP contribution in [0.2, 0.25) is 0 Å². The third-order valence-electron chi connectivity index (χ3n) is 7.99. The largest absolute Gasteiger partial charge is 0.493 e. The third-order valence-corrected chi connectivity index (χ3v) is 7.99. The van der Waals surface area contributed by atoms with Gasteiger partial charge in [0.1, 0.15) is 5.82 Å². The van der Waals surface area contributed by atoms with Crippen LogP contribution in [0.25, 0.3) is 11.3 Å². The van der Waals surface area contributed by atoms with E-state index < -0.39 is 53.6 Å². The van der Waals surface area contributed by atoms with Crippen LogP contribution in [-0.4, -0.2) is 54.8 Å². The second-order valence-electron chi connectivity index (χ2n) is 11.3. The van der Waals surface area contributed by atoms with Gasteiger partial charge in [-0.15, -0.1) is 0 Å². The lowest BCUT2D eigenvalue weighted by atomic mass is 9.86. The van der Waals surface area contributed by atoms with Crippen molar-refractivity contribution in [1.29, 1.82) is 0 Å². The first kappa shape index (κ1) is 32.9. The smallest absolute Gasteiger partial charge is 0.422 e. The van der Waals surface area contributed by atoms with E-state index in [-0.39, 0.29) is 34.2 Å². The number of pyridine rings is 1. The molecule has 2 heterocycles. The number of halogens is 4. The molecular weight excluding hydrogens is 582 g/mol. The third kappa shape index (κ3) is 6.71. The van der Waals surface area contributed by atoms with Gasteiger partial charge in [-0.05, 0) is 93.9 Å². The van der Waals surface area contributed by atoms with Crippen LogP contribution in [0.4, 0.5) is 17.6 Å². The number of carbonyl (C=O) groups excluding carboxylic acids is 2. The summed E-state index contributed by atoms with van der Waals surface area (Å²) in [6.45, 7) is 5.49. The number of hydrogen-bond acceptors (Lipinski definition) is 7. The van der Waals surface area contributed by atoms with E-state index in [0.717, 1.165) is 0 Å². The first-order valence-electron chi connectivity index (χ1n) is 14.0. The first-order chi connectivity index (χ1) is 20.6. The number of aromatic nitrogens is 1. The molecule has 0 aliphatic carbocycles. The average Bonchev–Trinajstić information content (AvgIpc) is 3.40. The molecule has 1 aliphatic rings. The molecule has 0 bridgehead atoms. The molecule has 0 radical (unpaired) electrons. The van der Waals surface area contributed by atoms with E-state index in [0.29, 0.717) is 24.1 Å². The van der Waals surface area contributed by atoms with Crippen LogP contribution < -0.4 is 20.1 Å². The number of nitrogens with zero attached hydrogens (tertiary/aromatic N) is 1. The summed E-state index contributed by atoms with van der Waals surface area (Å²) in [5.41, 5.74) is -3.83. The molecule has 2 aromatic carbocycles. The lowest BCUT2D eigenvalue weighted by Gasteiger charge is -2.32. The fraction of sp³-hybridized carbons (Fsp3) is 0.406. The van der Waals surface area contributed by atoms with E-state index in [1.807, 2.05) is 0 Å². The molecule has 0 spiro atoms. The van der Waals surface area contributed by atoms with Crippen molar-refractivity contribution in [2.24, 2.45) is 0 Å². The summed E-state index contributed by atoms with van der Waals surface area (Å²) in [6.07, 6.45) is -7.18. The van der Waals surface area contributed by atoms with Gasteiger partial charge in [0.05, 0.1) is 18.5 Å². The Morgan fingerprint density at radius 1 is 1.11 bits per heavy atom. The number of aryl methyl sites for hydroxylation is 1. The van der Waals surface area contributed by atoms with Crippen molar-refractivity contribution in [3.05, 3.63) is 76.7 Å². The van der Waals surface area contributed by atoms with E-state index in [2.05, 4.69) is 15.6 Å². The van der Waals surface area contributed by atoms with Crippen LogP contribution in [0.3, 0.4) is 0 Å². The van der Waals surface area contributed by atoms with E-state index >= 15 is 0 Å². The van der Waals surface area contributed by atoms with Gasteiger partial charge in [0, 0.05) is 36.1 Å². The van der Waals surface area contributed by atoms with Crippen LogP contribution >= 0.6 is 0 Å². The number of rotatable bonds is 11. The minimum atomic E-state index is -5.20. The second-order valence-corrected chi connectivity index (χ2v) is 11.3. The highest BCUT2D eigenvalue weighted by molar-refractivity contribution is 5.96. The van der Waals surface area contributed by atoms with Crippen LogP contribution in [0.15, 0.2) is 48.5 Å². The molecule has 1 unspecified atom stereocenters. The number of aliphatic hydroxyl groups is 1. The molecule has 3 N–H and O–H groups in total. The Hall–Kier alpha value is -4.03. The summed E-state index contributed by atoms with van der Waals surface area (Å²) < 4.78 is 69.0. The van der Waals surface area contributed by atoms with Gasteiger partial charge in [0.25, 0.3) is 5.91 Å². The number of ketones is 1. The Kier molecular flexibility index (Phi) is 9.36. The minimum Gasteiger partial charge on any atom is -0.493 e. The molecule has 8 nitrogen and oxygen atoms in total. The number of carbonyl (C=O) groups is 2. The van der Waals surface area contributed by atoms with Gasteiger partial charge in [-0.3, -0.25) is 9.59 Å². The molecular formula is C32H35F4N3O5. The standard InChI is InChI=1S/C32H35F4N3O5/c1-18-14-19(6-8-22(18)33)23-16-21(30(2,3)37-4)17-28(39-23)31(42,32(34,35)36)12-10-24(40)20-7-9-25(27(15-20)43-5)44-26-11-13-38-29(26)41/h6-9,14-17,26,37,42H,10-13H2,1-5H3,(H,38,41)/t26-,31?/m0/s1. The molecule has 4 rings (SSSR count). The van der Waals surface area contributed by atoms with Crippen molar-refractivity contribution >= 4 is 11.7 Å². The lowest BCUT2D eigenvalue weighted by Crippen LogP contribution is -2.44. The fourth-order valence-corrected chi connectivity index (χ4v) is 4.83. The van der Waals surface area contributed by atoms with Crippen molar-refractivity contribution in [2.75, 3.05) is 20.7 Å². The van der Waals surface area contributed by atoms with E-state index in [1.54, 1.807) is 27.0 Å². The topological polar surface area (TPSA) is 110 Å². The SMILES string of the molecule is CNC(C)(C)c1cc(-c2ccc(F)c(C)c2)nc(C(O)(CCC(=O)c2ccc(O[C@H]3CCNC3=O)c(OC)c2)C(F)(F)F)c1. The zero-order valence-electron chi connectivity index (χ0n) is 25.1. The number of amides is 1. The molecule has 1 fully saturated rings. The molecule has 236 valence electrons. The van der Waals surface area contributed by atoms with Crippen molar-refractivity contribution in [1.82, 2.24) is 15.6 Å². The number of nitrogens with one attached hydrogen (secondary N) is 2. The Morgan fingerprint density at radius 3 is 2.43 bits per heavy atom. The van der Waals surface area contributed by atoms with Crippen LogP contribution in [0, 0.1) is 12.7 Å². The van der Waals surface area contributed by atoms with Crippen molar-refractivity contribution < 1.29 is 41.7 Å². The number of Topliss-reactive ketones (excluding diaryl/α,β-unsaturated/α-hetero) is 1. The number of hydrogen-bond donors (Lipinski definition) is 3. The minimum absolute atomic E-state index is 0.0371. The number of ether oxygens (including phenoxy) is 2. The number of alkyl halides is 3. The van der Waals surface area contributed by atoms with Gasteiger partial charge in [-0.1, -0.05) is 0 Å². The predicted octanol–water partition coefficient (Wildman–Crippen LogP) is 5.34. The van der Waals surface area contributed by atoms with Crippen molar-refractivity contribution in [3.63, 3.8) is 0 Å². The number of benzene rings is 2. The lowest BCUT2D eigenvalue weighted by molar-refractivity contribution is -0.270. The Balaban J connectivity index is 1.68. The summed E-state index contributed by atoms with van der Waals surface area (Å²) in [5, 5.41) is 17.0. The van der Waals surface area contributed by atoms with Crippen molar-refractivity contribution in [3.8, 4) is 22.8 Å². The monoisotopic (exact) mass is 617 g/mol. The molecule has 1 aliphatic heterocycles. The molecule has 12 heteroatoms. The van der Waals surface area contributed by atoms with Gasteiger partial charge in [0.2, 0.25) is 5.60 Å². The Labute approximate surface area is 252 Å². The number of methoxy groups -OCH3 is 1. The molecule has 1 aromatic heterocycles. The second kappa shape index (κ2) is 12.5. The molecule has 44 heavy (non-hydrogen) atoms.